The Morgan fingerprint density at radius 1 is 1.03 bits per heavy atom. The fraction of sp³-hybridized carbons (Fsp3) is 0.421. The van der Waals surface area contributed by atoms with Gasteiger partial charge in [-0.1, -0.05) is 0 Å². The maximum absolute atomic E-state index is 12.9. The third kappa shape index (κ3) is 4.48. The molecular weight excluding hydrogens is 394 g/mol. The van der Waals surface area contributed by atoms with E-state index in [0.717, 1.165) is 11.5 Å². The number of piperazine rings is 1. The molecule has 4 rings (SSSR count). The lowest BCUT2D eigenvalue weighted by Gasteiger charge is -2.34. The lowest BCUT2D eigenvalue weighted by atomic mass is 10.2. The molecule has 1 aliphatic heterocycles. The van der Waals surface area contributed by atoms with Crippen molar-refractivity contribution >= 4 is 21.7 Å². The van der Waals surface area contributed by atoms with Crippen LogP contribution >= 0.6 is 0 Å². The average Bonchev–Trinajstić information content (AvgIpc) is 3.58. The van der Waals surface area contributed by atoms with E-state index in [-0.39, 0.29) is 11.5 Å². The first-order valence-electron chi connectivity index (χ1n) is 9.53. The fourth-order valence-electron chi connectivity index (χ4n) is 3.27. The topological polar surface area (TPSA) is 119 Å². The van der Waals surface area contributed by atoms with Gasteiger partial charge in [0.15, 0.2) is 12.4 Å². The smallest absolute Gasteiger partial charge is 0.255 e. The van der Waals surface area contributed by atoms with E-state index in [1.54, 1.807) is 0 Å². The first-order valence-corrected chi connectivity index (χ1v) is 11.0. The molecule has 1 aliphatic carbocycles. The molecule has 0 spiro atoms. The molecular formula is C19H23N5O4S. The summed E-state index contributed by atoms with van der Waals surface area (Å²) in [4.78, 5) is 13.0. The Balaban J connectivity index is 1.37. The Morgan fingerprint density at radius 2 is 1.72 bits per heavy atom. The first kappa shape index (κ1) is 19.6. The van der Waals surface area contributed by atoms with Crippen LogP contribution in [0.2, 0.25) is 0 Å². The summed E-state index contributed by atoms with van der Waals surface area (Å²) >= 11 is 0. The highest BCUT2D eigenvalue weighted by Crippen LogP contribution is 2.38. The Hall–Kier alpha value is -2.72. The standard InChI is InChI=1S/C19H23N5O4S/c20-18(25)13-28-15-3-5-16(6-4-15)29(26,27)24-11-9-23(10-12-24)19-8-7-17(21-22-19)14-1-2-14/h3-8,14H,1-2,9-13H2,(H2,20,25). The summed E-state index contributed by atoms with van der Waals surface area (Å²) in [6.07, 6.45) is 2.37. The van der Waals surface area contributed by atoms with Crippen LogP contribution in [0.1, 0.15) is 24.5 Å². The van der Waals surface area contributed by atoms with E-state index < -0.39 is 15.9 Å². The average molecular weight is 417 g/mol. The SMILES string of the molecule is NC(=O)COc1ccc(S(=O)(=O)N2CCN(c3ccc(C4CC4)nn3)CC2)cc1. The van der Waals surface area contributed by atoms with Crippen molar-refractivity contribution in [2.45, 2.75) is 23.7 Å². The molecule has 0 atom stereocenters. The minimum atomic E-state index is -3.60. The van der Waals surface area contributed by atoms with Gasteiger partial charge in [-0.25, -0.2) is 8.42 Å². The van der Waals surface area contributed by atoms with E-state index in [4.69, 9.17) is 10.5 Å². The zero-order chi connectivity index (χ0) is 20.4. The van der Waals surface area contributed by atoms with Crippen molar-refractivity contribution in [3.63, 3.8) is 0 Å². The number of nitrogens with two attached hydrogens (primary N) is 1. The van der Waals surface area contributed by atoms with Crippen LogP contribution in [0.15, 0.2) is 41.3 Å². The van der Waals surface area contributed by atoms with Gasteiger partial charge in [0.1, 0.15) is 5.75 Å². The molecule has 0 bridgehead atoms. The van der Waals surface area contributed by atoms with Gasteiger partial charge in [0.25, 0.3) is 5.91 Å². The molecule has 1 saturated carbocycles. The zero-order valence-corrected chi connectivity index (χ0v) is 16.7. The highest BCUT2D eigenvalue weighted by Gasteiger charge is 2.30. The van der Waals surface area contributed by atoms with Crippen LogP contribution in [0.4, 0.5) is 5.82 Å². The molecule has 2 aliphatic rings. The van der Waals surface area contributed by atoms with Gasteiger partial charge in [-0.05, 0) is 49.2 Å². The number of hydrogen-bond donors (Lipinski definition) is 1. The number of primary amides is 1. The van der Waals surface area contributed by atoms with Crippen molar-refractivity contribution in [3.05, 3.63) is 42.1 Å². The summed E-state index contributed by atoms with van der Waals surface area (Å²) in [6.45, 7) is 1.59. The number of amides is 1. The molecule has 29 heavy (non-hydrogen) atoms. The molecule has 0 radical (unpaired) electrons. The second-order valence-electron chi connectivity index (χ2n) is 7.21. The second-order valence-corrected chi connectivity index (χ2v) is 9.15. The Morgan fingerprint density at radius 3 is 2.28 bits per heavy atom. The number of aromatic nitrogens is 2. The molecule has 9 nitrogen and oxygen atoms in total. The highest BCUT2D eigenvalue weighted by molar-refractivity contribution is 7.89. The molecule has 2 fully saturated rings. The predicted octanol–water partition coefficient (Wildman–Crippen LogP) is 0.729. The quantitative estimate of drug-likeness (QED) is 0.705. The fourth-order valence-corrected chi connectivity index (χ4v) is 4.69. The molecule has 10 heteroatoms. The van der Waals surface area contributed by atoms with Crippen LogP contribution in [-0.2, 0) is 14.8 Å². The summed E-state index contributed by atoms with van der Waals surface area (Å²) in [5, 5.41) is 8.61. The Bertz CT molecular complexity index is 967. The van der Waals surface area contributed by atoms with Crippen LogP contribution in [0, 0.1) is 0 Å². The zero-order valence-electron chi connectivity index (χ0n) is 15.9. The van der Waals surface area contributed by atoms with Crippen LogP contribution in [0.25, 0.3) is 0 Å². The maximum Gasteiger partial charge on any atom is 0.255 e. The van der Waals surface area contributed by atoms with Gasteiger partial charge >= 0.3 is 0 Å². The molecule has 0 unspecified atom stereocenters. The number of anilines is 1. The normalized spacial score (nSPS) is 17.9. The monoisotopic (exact) mass is 417 g/mol. The van der Waals surface area contributed by atoms with Crippen molar-refractivity contribution in [2.24, 2.45) is 5.73 Å². The summed E-state index contributed by atoms with van der Waals surface area (Å²) in [5.41, 5.74) is 6.07. The lowest BCUT2D eigenvalue weighted by Crippen LogP contribution is -2.49. The van der Waals surface area contributed by atoms with Gasteiger partial charge in [0, 0.05) is 32.1 Å². The molecule has 154 valence electrons. The number of nitrogens with zero attached hydrogens (tertiary/aromatic N) is 4. The number of hydrogen-bond acceptors (Lipinski definition) is 7. The van der Waals surface area contributed by atoms with Gasteiger partial charge in [0.2, 0.25) is 10.0 Å². The van der Waals surface area contributed by atoms with Crippen molar-refractivity contribution in [2.75, 3.05) is 37.7 Å². The summed E-state index contributed by atoms with van der Waals surface area (Å²) in [5.74, 6) is 1.14. The van der Waals surface area contributed by atoms with Crippen molar-refractivity contribution in [1.82, 2.24) is 14.5 Å². The van der Waals surface area contributed by atoms with Gasteiger partial charge in [-0.3, -0.25) is 4.79 Å². The third-order valence-corrected chi connectivity index (χ3v) is 6.98. The van der Waals surface area contributed by atoms with Crippen LogP contribution in [-0.4, -0.2) is 61.6 Å². The first-order chi connectivity index (χ1) is 13.9. The summed E-state index contributed by atoms with van der Waals surface area (Å²) < 4.78 is 32.4. The molecule has 2 N–H and O–H groups in total. The van der Waals surface area contributed by atoms with Crippen molar-refractivity contribution in [1.29, 1.82) is 0 Å². The van der Waals surface area contributed by atoms with E-state index in [2.05, 4.69) is 15.1 Å². The van der Waals surface area contributed by atoms with Gasteiger partial charge in [0.05, 0.1) is 10.6 Å². The van der Waals surface area contributed by atoms with Crippen molar-refractivity contribution in [3.8, 4) is 5.75 Å². The highest BCUT2D eigenvalue weighted by atomic mass is 32.2. The lowest BCUT2D eigenvalue weighted by molar-refractivity contribution is -0.119. The van der Waals surface area contributed by atoms with Crippen LogP contribution < -0.4 is 15.4 Å². The molecule has 1 amide bonds. The Kier molecular flexibility index (Phi) is 5.37. The van der Waals surface area contributed by atoms with Crippen LogP contribution in [0.3, 0.4) is 0 Å². The van der Waals surface area contributed by atoms with E-state index in [1.807, 2.05) is 12.1 Å². The summed E-state index contributed by atoms with van der Waals surface area (Å²) in [6, 6.07) is 9.97. The number of ether oxygens (including phenoxy) is 1. The number of rotatable bonds is 7. The van der Waals surface area contributed by atoms with Gasteiger partial charge in [-0.15, -0.1) is 5.10 Å². The number of benzene rings is 1. The minimum Gasteiger partial charge on any atom is -0.484 e. The minimum absolute atomic E-state index is 0.186. The van der Waals surface area contributed by atoms with E-state index in [0.29, 0.717) is 37.8 Å². The number of carbonyl (C=O) groups excluding carboxylic acids is 1. The number of sulfonamides is 1. The number of carbonyl (C=O) groups is 1. The second kappa shape index (κ2) is 7.96. The summed E-state index contributed by atoms with van der Waals surface area (Å²) in [7, 11) is -3.60. The molecule has 1 aromatic heterocycles. The third-order valence-electron chi connectivity index (χ3n) is 5.07. The van der Waals surface area contributed by atoms with E-state index in [9.17, 15) is 13.2 Å². The van der Waals surface area contributed by atoms with Crippen LogP contribution in [0.5, 0.6) is 5.75 Å². The molecule has 2 heterocycles. The predicted molar refractivity (Wildman–Crippen MR) is 106 cm³/mol. The largest absolute Gasteiger partial charge is 0.484 e. The molecule has 2 aromatic rings. The molecule has 1 saturated heterocycles. The van der Waals surface area contributed by atoms with Crippen molar-refractivity contribution < 1.29 is 17.9 Å². The van der Waals surface area contributed by atoms with Gasteiger partial charge < -0.3 is 15.4 Å². The van der Waals surface area contributed by atoms with E-state index in [1.165, 1.54) is 41.4 Å². The van der Waals surface area contributed by atoms with Gasteiger partial charge in [-0.2, -0.15) is 9.40 Å². The van der Waals surface area contributed by atoms with E-state index >= 15 is 0 Å². The maximum atomic E-state index is 12.9. The molecule has 1 aromatic carbocycles. The Labute approximate surface area is 169 Å².